The molecule has 0 saturated heterocycles. The van der Waals surface area contributed by atoms with Crippen LogP contribution in [0.3, 0.4) is 0 Å². The Labute approximate surface area is 297 Å². The van der Waals surface area contributed by atoms with Crippen LogP contribution in [0.15, 0.2) is 127 Å². The maximum atomic E-state index is 13.0. The Kier molecular flexibility index (Phi) is 9.78. The summed E-state index contributed by atoms with van der Waals surface area (Å²) >= 11 is 0. The summed E-state index contributed by atoms with van der Waals surface area (Å²) in [4.78, 5) is 46.1. The summed E-state index contributed by atoms with van der Waals surface area (Å²) in [5.41, 5.74) is 2.42. The monoisotopic (exact) mass is 746 g/mol. The van der Waals surface area contributed by atoms with Gasteiger partial charge in [0.2, 0.25) is 0 Å². The average Bonchev–Trinajstić information content (AvgIpc) is 3.08. The second kappa shape index (κ2) is 14.1. The van der Waals surface area contributed by atoms with Crippen molar-refractivity contribution in [3.63, 3.8) is 0 Å². The summed E-state index contributed by atoms with van der Waals surface area (Å²) in [7, 11) is -9.11. The molecular weight excluding hydrogens is 717 g/mol. The van der Waals surface area contributed by atoms with Crippen molar-refractivity contribution in [3.05, 3.63) is 129 Å². The Bertz CT molecular complexity index is 2200. The third-order valence-corrected chi connectivity index (χ3v) is 10.7. The van der Waals surface area contributed by atoms with Gasteiger partial charge in [-0.2, -0.15) is 16.8 Å². The lowest BCUT2D eigenvalue weighted by molar-refractivity contribution is 0.0994. The number of allylic oxidation sites excluding steroid dienone is 10. The number of hydrogen-bond donors (Lipinski definition) is 6. The highest BCUT2D eigenvalue weighted by Crippen LogP contribution is 2.38. The number of aliphatic hydroxyl groups is 2. The van der Waals surface area contributed by atoms with Gasteiger partial charge in [0.25, 0.3) is 32.1 Å². The number of nitrogens with zero attached hydrogens (tertiary/aromatic N) is 2. The first-order valence-electron chi connectivity index (χ1n) is 15.6. The van der Waals surface area contributed by atoms with Crippen molar-refractivity contribution in [2.24, 2.45) is 21.8 Å². The molecular formula is C35H30N4O11S2. The molecule has 0 aromatic heterocycles. The van der Waals surface area contributed by atoms with Crippen LogP contribution in [-0.4, -0.2) is 65.4 Å². The van der Waals surface area contributed by atoms with E-state index in [0.717, 1.165) is 12.2 Å². The minimum atomic E-state index is -4.55. The van der Waals surface area contributed by atoms with E-state index in [9.17, 15) is 50.5 Å². The molecule has 2 aromatic rings. The summed E-state index contributed by atoms with van der Waals surface area (Å²) in [6.45, 7) is 0. The maximum absolute atomic E-state index is 13.0. The summed E-state index contributed by atoms with van der Waals surface area (Å²) in [6, 6.07) is 11.0. The number of anilines is 2. The summed E-state index contributed by atoms with van der Waals surface area (Å²) in [5.74, 6) is -3.32. The van der Waals surface area contributed by atoms with Crippen LogP contribution in [0.4, 0.5) is 16.2 Å². The second-order valence-corrected chi connectivity index (χ2v) is 15.1. The number of aliphatic hydroxyl groups excluding tert-OH is 2. The fourth-order valence-electron chi connectivity index (χ4n) is 6.16. The summed E-state index contributed by atoms with van der Waals surface area (Å²) in [5, 5.41) is 25.9. The van der Waals surface area contributed by atoms with Crippen LogP contribution in [0, 0.1) is 11.8 Å². The van der Waals surface area contributed by atoms with Gasteiger partial charge in [-0.15, -0.1) is 0 Å². The lowest BCUT2D eigenvalue weighted by Crippen LogP contribution is -2.26. The lowest BCUT2D eigenvalue weighted by Gasteiger charge is -2.27. The van der Waals surface area contributed by atoms with Crippen LogP contribution >= 0.6 is 0 Å². The van der Waals surface area contributed by atoms with Crippen molar-refractivity contribution in [1.29, 1.82) is 0 Å². The fourth-order valence-corrected chi connectivity index (χ4v) is 7.43. The highest BCUT2D eigenvalue weighted by atomic mass is 32.2. The van der Waals surface area contributed by atoms with Crippen molar-refractivity contribution in [1.82, 2.24) is 0 Å². The molecule has 0 radical (unpaired) electrons. The molecule has 6 rings (SSSR count). The number of fused-ring (bicyclic) bond motifs is 2. The third kappa shape index (κ3) is 7.92. The van der Waals surface area contributed by atoms with E-state index in [1.165, 1.54) is 48.5 Å². The number of carbonyl (C=O) groups excluding carboxylic acids is 3. The predicted molar refractivity (Wildman–Crippen MR) is 191 cm³/mol. The minimum Gasteiger partial charge on any atom is -0.508 e. The number of amides is 4. The fraction of sp³-hybridized carbons (Fsp3) is 0.171. The zero-order chi connectivity index (χ0) is 37.4. The highest BCUT2D eigenvalue weighted by Gasteiger charge is 2.34. The number of rotatable bonds is 6. The SMILES string of the molecule is O=C(Nc1ccc(C(=O)N=C2C=CCC3=C(O)C=C(S(=O)(=O)O)CC23)cc1)Nc1ccc(C(=O)N=C2C=CCC3=C(O)C=C(S(=O)(=O)O)CC23)cc1. The van der Waals surface area contributed by atoms with E-state index in [1.54, 1.807) is 24.3 Å². The van der Waals surface area contributed by atoms with E-state index < -0.39 is 49.9 Å². The van der Waals surface area contributed by atoms with Crippen molar-refractivity contribution in [3.8, 4) is 0 Å². The Hall–Kier alpha value is -5.75. The van der Waals surface area contributed by atoms with Crippen LogP contribution in [-0.2, 0) is 20.2 Å². The van der Waals surface area contributed by atoms with Gasteiger partial charge < -0.3 is 20.8 Å². The van der Waals surface area contributed by atoms with E-state index >= 15 is 0 Å². The Morgan fingerprint density at radius 1 is 0.615 bits per heavy atom. The number of benzene rings is 2. The Balaban J connectivity index is 1.06. The van der Waals surface area contributed by atoms with E-state index in [4.69, 9.17) is 0 Å². The molecule has 4 amide bonds. The molecule has 2 atom stereocenters. The number of carbonyl (C=O) groups is 3. The molecule has 4 aliphatic carbocycles. The molecule has 2 aromatic carbocycles. The van der Waals surface area contributed by atoms with Crippen molar-refractivity contribution >= 4 is 60.9 Å². The van der Waals surface area contributed by atoms with E-state index in [1.807, 2.05) is 0 Å². The van der Waals surface area contributed by atoms with Gasteiger partial charge in [-0.25, -0.2) is 14.8 Å². The minimum absolute atomic E-state index is 0.163. The molecule has 0 saturated carbocycles. The zero-order valence-corrected chi connectivity index (χ0v) is 28.6. The number of urea groups is 1. The quantitative estimate of drug-likeness (QED) is 0.198. The molecule has 2 unspecified atom stereocenters. The van der Waals surface area contributed by atoms with Crippen LogP contribution < -0.4 is 10.6 Å². The highest BCUT2D eigenvalue weighted by molar-refractivity contribution is 7.90. The lowest BCUT2D eigenvalue weighted by atomic mass is 9.81. The van der Waals surface area contributed by atoms with E-state index in [-0.39, 0.29) is 56.7 Å². The normalized spacial score (nSPS) is 21.7. The molecule has 0 fully saturated rings. The van der Waals surface area contributed by atoms with Crippen LogP contribution in [0.25, 0.3) is 0 Å². The average molecular weight is 747 g/mol. The molecule has 0 aliphatic heterocycles. The van der Waals surface area contributed by atoms with E-state index in [2.05, 4.69) is 20.6 Å². The van der Waals surface area contributed by atoms with Gasteiger partial charge in [0, 0.05) is 34.3 Å². The molecule has 4 aliphatic rings. The van der Waals surface area contributed by atoms with Gasteiger partial charge in [-0.05, 0) is 110 Å². The first-order chi connectivity index (χ1) is 24.6. The Morgan fingerprint density at radius 2 is 0.981 bits per heavy atom. The predicted octanol–water partition coefficient (Wildman–Crippen LogP) is 5.62. The largest absolute Gasteiger partial charge is 0.508 e. The van der Waals surface area contributed by atoms with Crippen LogP contribution in [0.5, 0.6) is 0 Å². The molecule has 17 heteroatoms. The Morgan fingerprint density at radius 3 is 1.33 bits per heavy atom. The molecule has 0 heterocycles. The first-order valence-corrected chi connectivity index (χ1v) is 18.5. The molecule has 15 nitrogen and oxygen atoms in total. The molecule has 52 heavy (non-hydrogen) atoms. The van der Waals surface area contributed by atoms with Gasteiger partial charge in [-0.1, -0.05) is 12.2 Å². The molecule has 6 N–H and O–H groups in total. The zero-order valence-electron chi connectivity index (χ0n) is 26.9. The number of nitrogens with one attached hydrogen (secondary N) is 2. The second-order valence-electron chi connectivity index (χ2n) is 12.1. The smallest absolute Gasteiger partial charge is 0.323 e. The topological polar surface area (TPSA) is 249 Å². The van der Waals surface area contributed by atoms with Crippen molar-refractivity contribution < 1.29 is 50.5 Å². The van der Waals surface area contributed by atoms with E-state index in [0.29, 0.717) is 35.4 Å². The third-order valence-electron chi connectivity index (χ3n) is 8.78. The summed E-state index contributed by atoms with van der Waals surface area (Å²) in [6.07, 6.45) is 8.81. The first kappa shape index (κ1) is 36.1. The molecule has 0 bridgehead atoms. The number of aliphatic imine (C=N–C) groups is 2. The standard InChI is InChI=1S/C35H30N4O11S2/c40-31-17-23(51(45,46)47)15-27-25(31)3-1-5-29(27)38-33(42)19-7-11-21(12-8-19)36-35(44)37-22-13-9-20(10-14-22)34(43)39-30-6-2-4-26-28(30)16-24(18-32(26)41)52(48,49)50/h1-2,5-14,17-18,27-28,40-41H,3-4,15-16H2,(H2,36,37,44)(H,45,46,47)(H,48,49,50). The molecule has 268 valence electrons. The maximum Gasteiger partial charge on any atom is 0.323 e. The van der Waals surface area contributed by atoms with Crippen LogP contribution in [0.1, 0.15) is 46.4 Å². The van der Waals surface area contributed by atoms with Gasteiger partial charge in [0.15, 0.2) is 0 Å². The van der Waals surface area contributed by atoms with Gasteiger partial charge in [0.1, 0.15) is 11.5 Å². The van der Waals surface area contributed by atoms with Crippen molar-refractivity contribution in [2.75, 3.05) is 10.6 Å². The van der Waals surface area contributed by atoms with Gasteiger partial charge >= 0.3 is 6.03 Å². The number of hydrogen-bond acceptors (Lipinski definition) is 9. The molecule has 0 spiro atoms. The van der Waals surface area contributed by atoms with Gasteiger partial charge in [0.05, 0.1) is 21.2 Å². The van der Waals surface area contributed by atoms with Gasteiger partial charge in [-0.3, -0.25) is 18.7 Å². The van der Waals surface area contributed by atoms with Crippen molar-refractivity contribution in [2.45, 2.75) is 25.7 Å². The van der Waals surface area contributed by atoms with Crippen LogP contribution in [0.2, 0.25) is 0 Å². The summed E-state index contributed by atoms with van der Waals surface area (Å²) < 4.78 is 65.7.